The molecule has 0 bridgehead atoms. The van der Waals surface area contributed by atoms with Crippen molar-refractivity contribution in [3.8, 4) is 6.07 Å². The molecule has 0 radical (unpaired) electrons. The smallest absolute Gasteiger partial charge is 0.317 e. The Labute approximate surface area is 136 Å². The van der Waals surface area contributed by atoms with Crippen molar-refractivity contribution in [3.05, 3.63) is 29.8 Å². The fourth-order valence-electron chi connectivity index (χ4n) is 2.56. The quantitative estimate of drug-likeness (QED) is 0.898. The van der Waals surface area contributed by atoms with E-state index in [1.165, 1.54) is 0 Å². The molecule has 0 aromatic heterocycles. The van der Waals surface area contributed by atoms with Crippen LogP contribution in [0.5, 0.6) is 0 Å². The van der Waals surface area contributed by atoms with Crippen LogP contribution in [0.25, 0.3) is 0 Å². The molecule has 1 aliphatic heterocycles. The van der Waals surface area contributed by atoms with Crippen LogP contribution in [0.4, 0.5) is 10.5 Å². The van der Waals surface area contributed by atoms with Crippen molar-refractivity contribution in [2.75, 3.05) is 18.4 Å². The van der Waals surface area contributed by atoms with Crippen LogP contribution in [0.2, 0.25) is 0 Å². The van der Waals surface area contributed by atoms with Crippen LogP contribution in [0.3, 0.4) is 0 Å². The Morgan fingerprint density at radius 3 is 2.35 bits per heavy atom. The summed E-state index contributed by atoms with van der Waals surface area (Å²) in [5.41, 5.74) is 1.25. The fraction of sp³-hybridized carbons (Fsp3) is 0.471. The van der Waals surface area contributed by atoms with Crippen LogP contribution in [0.15, 0.2) is 24.3 Å². The van der Waals surface area contributed by atoms with Crippen LogP contribution in [-0.4, -0.2) is 36.0 Å². The third kappa shape index (κ3) is 4.71. The summed E-state index contributed by atoms with van der Waals surface area (Å²) in [6.45, 7) is 5.03. The summed E-state index contributed by atoms with van der Waals surface area (Å²) in [4.78, 5) is 26.0. The number of likely N-dealkylation sites (tertiary alicyclic amines) is 1. The highest BCUT2D eigenvalue weighted by molar-refractivity contribution is 5.92. The van der Waals surface area contributed by atoms with Crippen LogP contribution >= 0.6 is 0 Å². The van der Waals surface area contributed by atoms with E-state index < -0.39 is 0 Å². The molecule has 0 atom stereocenters. The third-order valence-corrected chi connectivity index (χ3v) is 3.85. The maximum absolute atomic E-state index is 12.3. The lowest BCUT2D eigenvalue weighted by molar-refractivity contribution is -0.121. The van der Waals surface area contributed by atoms with Gasteiger partial charge >= 0.3 is 6.03 Å². The summed E-state index contributed by atoms with van der Waals surface area (Å²) in [5.74, 6) is -0.118. The maximum Gasteiger partial charge on any atom is 0.317 e. The molecule has 6 nitrogen and oxygen atoms in total. The first-order valence-corrected chi connectivity index (χ1v) is 7.86. The van der Waals surface area contributed by atoms with Gasteiger partial charge in [-0.1, -0.05) is 0 Å². The summed E-state index contributed by atoms with van der Waals surface area (Å²) in [6.07, 6.45) is 1.32. The van der Waals surface area contributed by atoms with Gasteiger partial charge in [0.2, 0.25) is 5.91 Å². The molecule has 0 saturated carbocycles. The number of urea groups is 1. The van der Waals surface area contributed by atoms with Gasteiger partial charge in [0.05, 0.1) is 11.6 Å². The molecular weight excluding hydrogens is 292 g/mol. The first kappa shape index (κ1) is 16.8. The average molecular weight is 314 g/mol. The summed E-state index contributed by atoms with van der Waals surface area (Å²) in [6, 6.07) is 8.89. The van der Waals surface area contributed by atoms with E-state index in [9.17, 15) is 9.59 Å². The maximum atomic E-state index is 12.3. The molecule has 1 heterocycles. The van der Waals surface area contributed by atoms with Gasteiger partial charge in [0.25, 0.3) is 0 Å². The number of benzene rings is 1. The van der Waals surface area contributed by atoms with Crippen molar-refractivity contribution in [1.82, 2.24) is 10.2 Å². The fourth-order valence-corrected chi connectivity index (χ4v) is 2.56. The van der Waals surface area contributed by atoms with Crippen molar-refractivity contribution >= 4 is 17.6 Å². The van der Waals surface area contributed by atoms with Gasteiger partial charge in [-0.3, -0.25) is 4.79 Å². The first-order valence-electron chi connectivity index (χ1n) is 7.86. The zero-order chi connectivity index (χ0) is 16.8. The van der Waals surface area contributed by atoms with Crippen molar-refractivity contribution in [1.29, 1.82) is 5.26 Å². The number of hydrogen-bond donors (Lipinski definition) is 2. The zero-order valence-electron chi connectivity index (χ0n) is 13.5. The molecule has 122 valence electrons. The molecule has 0 spiro atoms. The molecule has 3 amide bonds. The summed E-state index contributed by atoms with van der Waals surface area (Å²) in [7, 11) is 0. The van der Waals surface area contributed by atoms with E-state index in [1.54, 1.807) is 29.2 Å². The van der Waals surface area contributed by atoms with Crippen molar-refractivity contribution in [3.63, 3.8) is 0 Å². The minimum absolute atomic E-state index is 0.0291. The van der Waals surface area contributed by atoms with Gasteiger partial charge in [0, 0.05) is 30.7 Å². The number of piperidine rings is 1. The average Bonchev–Trinajstić information content (AvgIpc) is 2.55. The van der Waals surface area contributed by atoms with Crippen molar-refractivity contribution in [2.45, 2.75) is 32.7 Å². The molecule has 1 fully saturated rings. The second-order valence-electron chi connectivity index (χ2n) is 6.04. The van der Waals surface area contributed by atoms with E-state index in [0.717, 1.165) is 0 Å². The lowest BCUT2D eigenvalue weighted by Crippen LogP contribution is -2.47. The molecule has 2 rings (SSSR count). The van der Waals surface area contributed by atoms with E-state index in [0.29, 0.717) is 37.2 Å². The molecule has 0 aliphatic carbocycles. The Morgan fingerprint density at radius 2 is 1.83 bits per heavy atom. The van der Waals surface area contributed by atoms with Crippen molar-refractivity contribution < 1.29 is 9.59 Å². The second kappa shape index (κ2) is 7.63. The number of nitrogens with zero attached hydrogens (tertiary/aromatic N) is 2. The Kier molecular flexibility index (Phi) is 5.58. The van der Waals surface area contributed by atoms with E-state index in [1.807, 2.05) is 19.9 Å². The molecule has 1 saturated heterocycles. The molecule has 1 aliphatic rings. The number of amides is 3. The standard InChI is InChI=1S/C17H22N4O2/c1-12(2)19-17(23)21-9-7-14(8-10-21)16(22)20-15-5-3-13(11-18)4-6-15/h3-6,12,14H,7-10H2,1-2H3,(H,19,23)(H,20,22). The van der Waals surface area contributed by atoms with Crippen LogP contribution < -0.4 is 10.6 Å². The highest BCUT2D eigenvalue weighted by atomic mass is 16.2. The molecule has 1 aromatic rings. The zero-order valence-corrected chi connectivity index (χ0v) is 13.5. The Morgan fingerprint density at radius 1 is 1.22 bits per heavy atom. The van der Waals surface area contributed by atoms with E-state index >= 15 is 0 Å². The molecule has 6 heteroatoms. The van der Waals surface area contributed by atoms with Crippen LogP contribution in [0, 0.1) is 17.2 Å². The predicted octanol–water partition coefficient (Wildman–Crippen LogP) is 2.33. The topological polar surface area (TPSA) is 85.2 Å². The van der Waals surface area contributed by atoms with Gasteiger partial charge in [0.1, 0.15) is 0 Å². The van der Waals surface area contributed by atoms with Gasteiger partial charge in [-0.15, -0.1) is 0 Å². The molecular formula is C17H22N4O2. The number of hydrogen-bond acceptors (Lipinski definition) is 3. The molecule has 23 heavy (non-hydrogen) atoms. The molecule has 1 aromatic carbocycles. The lowest BCUT2D eigenvalue weighted by Gasteiger charge is -2.31. The van der Waals surface area contributed by atoms with Gasteiger partial charge in [-0.05, 0) is 51.0 Å². The van der Waals surface area contributed by atoms with E-state index in [-0.39, 0.29) is 23.9 Å². The number of anilines is 1. The largest absolute Gasteiger partial charge is 0.336 e. The molecule has 2 N–H and O–H groups in total. The lowest BCUT2D eigenvalue weighted by atomic mass is 9.96. The summed E-state index contributed by atoms with van der Waals surface area (Å²) in [5, 5.41) is 14.5. The monoisotopic (exact) mass is 314 g/mol. The highest BCUT2D eigenvalue weighted by Gasteiger charge is 2.27. The Bertz CT molecular complexity index is 596. The third-order valence-electron chi connectivity index (χ3n) is 3.85. The number of nitriles is 1. The number of carbonyl (C=O) groups excluding carboxylic acids is 2. The number of rotatable bonds is 3. The number of nitrogens with one attached hydrogen (secondary N) is 2. The van der Waals surface area contributed by atoms with Gasteiger partial charge in [-0.25, -0.2) is 4.79 Å². The van der Waals surface area contributed by atoms with Crippen molar-refractivity contribution in [2.24, 2.45) is 5.92 Å². The normalized spacial score (nSPS) is 15.1. The number of carbonyl (C=O) groups is 2. The predicted molar refractivity (Wildman–Crippen MR) is 87.8 cm³/mol. The van der Waals surface area contributed by atoms with E-state index in [4.69, 9.17) is 5.26 Å². The van der Waals surface area contributed by atoms with Gasteiger partial charge < -0.3 is 15.5 Å². The van der Waals surface area contributed by atoms with Gasteiger partial charge in [-0.2, -0.15) is 5.26 Å². The SMILES string of the molecule is CC(C)NC(=O)N1CCC(C(=O)Nc2ccc(C#N)cc2)CC1. The minimum Gasteiger partial charge on any atom is -0.336 e. The minimum atomic E-state index is -0.0891. The first-order chi connectivity index (χ1) is 11.0. The Balaban J connectivity index is 1.83. The van der Waals surface area contributed by atoms with Crippen LogP contribution in [0.1, 0.15) is 32.3 Å². The highest BCUT2D eigenvalue weighted by Crippen LogP contribution is 2.20. The summed E-state index contributed by atoms with van der Waals surface area (Å²) < 4.78 is 0. The Hall–Kier alpha value is -2.55. The summed E-state index contributed by atoms with van der Waals surface area (Å²) >= 11 is 0. The van der Waals surface area contributed by atoms with Gasteiger partial charge in [0.15, 0.2) is 0 Å². The molecule has 0 unspecified atom stereocenters. The van der Waals surface area contributed by atoms with Crippen LogP contribution in [-0.2, 0) is 4.79 Å². The van der Waals surface area contributed by atoms with E-state index in [2.05, 4.69) is 10.6 Å². The second-order valence-corrected chi connectivity index (χ2v) is 6.04.